The quantitative estimate of drug-likeness (QED) is 0.305. The van der Waals surface area contributed by atoms with Crippen molar-refractivity contribution in [2.45, 2.75) is 52.0 Å². The summed E-state index contributed by atoms with van der Waals surface area (Å²) in [5, 5.41) is 17.3. The van der Waals surface area contributed by atoms with E-state index in [2.05, 4.69) is 40.7 Å². The van der Waals surface area contributed by atoms with Gasteiger partial charge >= 0.3 is 5.97 Å². The van der Waals surface area contributed by atoms with Gasteiger partial charge in [-0.3, -0.25) is 14.9 Å². The van der Waals surface area contributed by atoms with Gasteiger partial charge in [-0.15, -0.1) is 11.3 Å². The number of carboxylic acid groups (broad SMARTS) is 1. The molecule has 0 atom stereocenters. The zero-order chi connectivity index (χ0) is 22.8. The Hall–Kier alpha value is -3.19. The third kappa shape index (κ3) is 7.20. The number of carbonyl (C=O) groups is 2. The number of aryl methyl sites for hydroxylation is 2. The van der Waals surface area contributed by atoms with Crippen LogP contribution in [0.1, 0.15) is 59.8 Å². The largest absolute Gasteiger partial charge is 0.481 e. The van der Waals surface area contributed by atoms with Crippen LogP contribution < -0.4 is 10.6 Å². The van der Waals surface area contributed by atoms with Gasteiger partial charge in [-0.1, -0.05) is 50.1 Å². The number of amides is 1. The van der Waals surface area contributed by atoms with Crippen molar-refractivity contribution in [2.75, 3.05) is 10.6 Å². The molecule has 1 aromatic heterocycles. The summed E-state index contributed by atoms with van der Waals surface area (Å²) in [5.41, 5.74) is 4.81. The van der Waals surface area contributed by atoms with Crippen molar-refractivity contribution in [1.82, 2.24) is 4.98 Å². The highest BCUT2D eigenvalue weighted by Gasteiger charge is 2.10. The first-order valence-electron chi connectivity index (χ1n) is 10.9. The highest BCUT2D eigenvalue weighted by Crippen LogP contribution is 2.20. The lowest BCUT2D eigenvalue weighted by Crippen LogP contribution is -2.12. The van der Waals surface area contributed by atoms with Gasteiger partial charge in [-0.2, -0.15) is 0 Å². The monoisotopic (exact) mass is 451 g/mol. The van der Waals surface area contributed by atoms with Crippen molar-refractivity contribution >= 4 is 34.0 Å². The molecule has 2 aromatic carbocycles. The summed E-state index contributed by atoms with van der Waals surface area (Å²) in [5.74, 6) is -1.09. The Morgan fingerprint density at radius 2 is 1.81 bits per heavy atom. The van der Waals surface area contributed by atoms with Crippen LogP contribution in [0.15, 0.2) is 53.9 Å². The molecular formula is C25H29N3O3S. The van der Waals surface area contributed by atoms with Crippen LogP contribution in [0, 0.1) is 0 Å². The Balaban J connectivity index is 1.53. The first-order chi connectivity index (χ1) is 15.5. The van der Waals surface area contributed by atoms with Crippen molar-refractivity contribution in [1.29, 1.82) is 0 Å². The third-order valence-corrected chi connectivity index (χ3v) is 5.94. The predicted molar refractivity (Wildman–Crippen MR) is 129 cm³/mol. The van der Waals surface area contributed by atoms with E-state index >= 15 is 0 Å². The number of aliphatic carboxylic acids is 1. The van der Waals surface area contributed by atoms with Crippen LogP contribution in [0.25, 0.3) is 0 Å². The number of carbonyl (C=O) groups excluding carboxylic acids is 1. The van der Waals surface area contributed by atoms with Crippen molar-refractivity contribution in [3.05, 3.63) is 76.3 Å². The fourth-order valence-electron chi connectivity index (χ4n) is 3.33. The molecular weight excluding hydrogens is 422 g/mol. The second-order valence-electron chi connectivity index (χ2n) is 7.66. The highest BCUT2D eigenvalue weighted by molar-refractivity contribution is 7.14. The maximum atomic E-state index is 12.5. The number of anilines is 2. The van der Waals surface area contributed by atoms with Gasteiger partial charge in [0, 0.05) is 29.6 Å². The molecule has 0 unspecified atom stereocenters. The normalized spacial score (nSPS) is 10.7. The molecule has 3 aromatic rings. The maximum Gasteiger partial charge on any atom is 0.303 e. The van der Waals surface area contributed by atoms with E-state index < -0.39 is 5.97 Å². The number of carboxylic acids is 1. The van der Waals surface area contributed by atoms with Crippen LogP contribution in [0.4, 0.5) is 10.8 Å². The van der Waals surface area contributed by atoms with E-state index in [9.17, 15) is 9.59 Å². The van der Waals surface area contributed by atoms with Gasteiger partial charge in [-0.25, -0.2) is 4.98 Å². The summed E-state index contributed by atoms with van der Waals surface area (Å²) in [7, 11) is 0. The van der Waals surface area contributed by atoms with Crippen molar-refractivity contribution in [3.63, 3.8) is 0 Å². The SMILES string of the molecule is CCCCCc1ccccc1NCc1ccc(C(=O)Nc2nc(CCC(=O)O)cs2)cc1. The molecule has 0 saturated heterocycles. The molecule has 6 nitrogen and oxygen atoms in total. The molecule has 0 aliphatic carbocycles. The Morgan fingerprint density at radius 1 is 1.03 bits per heavy atom. The van der Waals surface area contributed by atoms with E-state index in [1.807, 2.05) is 18.2 Å². The smallest absolute Gasteiger partial charge is 0.303 e. The molecule has 1 heterocycles. The molecule has 0 aliphatic heterocycles. The second kappa shape index (κ2) is 12.0. The Morgan fingerprint density at radius 3 is 2.56 bits per heavy atom. The van der Waals surface area contributed by atoms with E-state index in [0.29, 0.717) is 29.4 Å². The molecule has 7 heteroatoms. The number of nitrogens with zero attached hydrogens (tertiary/aromatic N) is 1. The summed E-state index contributed by atoms with van der Waals surface area (Å²) in [4.78, 5) is 27.4. The van der Waals surface area contributed by atoms with E-state index in [1.54, 1.807) is 17.5 Å². The molecule has 0 saturated carbocycles. The van der Waals surface area contributed by atoms with Gasteiger partial charge < -0.3 is 10.4 Å². The number of hydrogen-bond donors (Lipinski definition) is 3. The van der Waals surface area contributed by atoms with Crippen LogP contribution >= 0.6 is 11.3 Å². The molecule has 0 fully saturated rings. The minimum atomic E-state index is -0.863. The van der Waals surface area contributed by atoms with Gasteiger partial charge in [0.25, 0.3) is 5.91 Å². The Bertz CT molecular complexity index is 1030. The Labute approximate surface area is 192 Å². The van der Waals surface area contributed by atoms with Crippen molar-refractivity contribution < 1.29 is 14.7 Å². The van der Waals surface area contributed by atoms with Crippen molar-refractivity contribution in [2.24, 2.45) is 0 Å². The zero-order valence-electron chi connectivity index (χ0n) is 18.3. The highest BCUT2D eigenvalue weighted by atomic mass is 32.1. The van der Waals surface area contributed by atoms with Gasteiger partial charge in [-0.05, 0) is 42.2 Å². The van der Waals surface area contributed by atoms with E-state index in [0.717, 1.165) is 17.7 Å². The maximum absolute atomic E-state index is 12.5. The lowest BCUT2D eigenvalue weighted by Gasteiger charge is -2.12. The number of nitrogens with one attached hydrogen (secondary N) is 2. The van der Waals surface area contributed by atoms with E-state index in [1.165, 1.54) is 36.2 Å². The third-order valence-electron chi connectivity index (χ3n) is 5.13. The first kappa shape index (κ1) is 23.5. The molecule has 0 bridgehead atoms. The Kier molecular flexibility index (Phi) is 8.80. The fraction of sp³-hybridized carbons (Fsp3) is 0.320. The molecule has 1 amide bonds. The standard InChI is InChI=1S/C25H29N3O3S/c1-2-3-4-7-19-8-5-6-9-22(19)26-16-18-10-12-20(13-11-18)24(31)28-25-27-21(17-32-25)14-15-23(29)30/h5-6,8-13,17,26H,2-4,7,14-16H2,1H3,(H,29,30)(H,27,28,31). The summed E-state index contributed by atoms with van der Waals surface area (Å²) >= 11 is 1.30. The average molecular weight is 452 g/mol. The number of aromatic nitrogens is 1. The fourth-order valence-corrected chi connectivity index (χ4v) is 4.07. The molecule has 0 spiro atoms. The first-order valence-corrected chi connectivity index (χ1v) is 11.8. The van der Waals surface area contributed by atoms with Gasteiger partial charge in [0.2, 0.25) is 0 Å². The average Bonchev–Trinajstić information content (AvgIpc) is 3.25. The summed E-state index contributed by atoms with van der Waals surface area (Å²) < 4.78 is 0. The van der Waals surface area contributed by atoms with Crippen LogP contribution in [0.3, 0.4) is 0 Å². The molecule has 32 heavy (non-hydrogen) atoms. The second-order valence-corrected chi connectivity index (χ2v) is 8.51. The van der Waals surface area contributed by atoms with Gasteiger partial charge in [0.05, 0.1) is 12.1 Å². The number of para-hydroxylation sites is 1. The van der Waals surface area contributed by atoms with Crippen molar-refractivity contribution in [3.8, 4) is 0 Å². The number of rotatable bonds is 12. The molecule has 0 radical (unpaired) electrons. The molecule has 3 N–H and O–H groups in total. The van der Waals surface area contributed by atoms with Gasteiger partial charge in [0.1, 0.15) is 0 Å². The van der Waals surface area contributed by atoms with Gasteiger partial charge in [0.15, 0.2) is 5.13 Å². The van der Waals surface area contributed by atoms with Crippen LogP contribution in [0.2, 0.25) is 0 Å². The number of hydrogen-bond acceptors (Lipinski definition) is 5. The molecule has 0 aliphatic rings. The van der Waals surface area contributed by atoms with Crippen LogP contribution in [-0.2, 0) is 24.2 Å². The molecule has 168 valence electrons. The summed E-state index contributed by atoms with van der Waals surface area (Å²) in [6, 6.07) is 15.9. The van der Waals surface area contributed by atoms with Crippen LogP contribution in [0.5, 0.6) is 0 Å². The summed E-state index contributed by atoms with van der Waals surface area (Å²) in [6.07, 6.45) is 5.09. The van der Waals surface area contributed by atoms with E-state index in [-0.39, 0.29) is 12.3 Å². The van der Waals surface area contributed by atoms with E-state index in [4.69, 9.17) is 5.11 Å². The number of benzene rings is 2. The predicted octanol–water partition coefficient (Wildman–Crippen LogP) is 5.76. The number of unbranched alkanes of at least 4 members (excludes halogenated alkanes) is 2. The minimum Gasteiger partial charge on any atom is -0.481 e. The lowest BCUT2D eigenvalue weighted by atomic mass is 10.0. The topological polar surface area (TPSA) is 91.3 Å². The van der Waals surface area contributed by atoms with Crippen LogP contribution in [-0.4, -0.2) is 22.0 Å². The minimum absolute atomic E-state index is 0.0236. The molecule has 3 rings (SSSR count). The lowest BCUT2D eigenvalue weighted by molar-refractivity contribution is -0.136. The zero-order valence-corrected chi connectivity index (χ0v) is 19.1. The summed E-state index contributed by atoms with van der Waals surface area (Å²) in [6.45, 7) is 2.90. The number of thiazole rings is 1.